The molecule has 22 heavy (non-hydrogen) atoms. The molecule has 0 atom stereocenters. The molecule has 0 spiro atoms. The number of hydrogen-bond donors (Lipinski definition) is 1. The zero-order valence-electron chi connectivity index (χ0n) is 12.5. The number of carbonyl (C=O) groups is 1. The predicted octanol–water partition coefficient (Wildman–Crippen LogP) is 1.35. The van der Waals surface area contributed by atoms with Crippen LogP contribution in [0.25, 0.3) is 0 Å². The van der Waals surface area contributed by atoms with Crippen LogP contribution in [0.15, 0.2) is 35.2 Å². The van der Waals surface area contributed by atoms with E-state index in [0.29, 0.717) is 6.54 Å². The van der Waals surface area contributed by atoms with Crippen LogP contribution in [0.1, 0.15) is 12.7 Å². The smallest absolute Gasteiger partial charge is 0.219 e. The summed E-state index contributed by atoms with van der Waals surface area (Å²) in [6.07, 6.45) is 3.20. The normalized spacial score (nSPS) is 15.0. The number of aromatic nitrogens is 2. The number of nitrogens with one attached hydrogen (secondary N) is 1. The molecule has 1 amide bonds. The number of nitrogens with zero attached hydrogens (tertiary/aromatic N) is 4. The molecule has 2 aromatic heterocycles. The number of hydrogen-bond acceptors (Lipinski definition) is 6. The average Bonchev–Trinajstić information content (AvgIpc) is 3.07. The van der Waals surface area contributed by atoms with Crippen molar-refractivity contribution in [2.45, 2.75) is 13.5 Å². The van der Waals surface area contributed by atoms with E-state index in [2.05, 4.69) is 20.2 Å². The summed E-state index contributed by atoms with van der Waals surface area (Å²) in [5.41, 5.74) is 0. The van der Waals surface area contributed by atoms with Gasteiger partial charge in [0.25, 0.3) is 0 Å². The van der Waals surface area contributed by atoms with E-state index >= 15 is 0 Å². The van der Waals surface area contributed by atoms with Crippen molar-refractivity contribution in [3.05, 3.63) is 36.5 Å². The Balaban J connectivity index is 1.60. The van der Waals surface area contributed by atoms with Gasteiger partial charge in [-0.05, 0) is 12.1 Å². The molecule has 2 aromatic rings. The molecule has 1 aliphatic rings. The van der Waals surface area contributed by atoms with Gasteiger partial charge in [0.1, 0.15) is 23.7 Å². The molecular weight excluding hydrogens is 282 g/mol. The summed E-state index contributed by atoms with van der Waals surface area (Å²) in [6, 6.07) is 5.69. The Bertz CT molecular complexity index is 621. The van der Waals surface area contributed by atoms with Gasteiger partial charge in [0.15, 0.2) is 0 Å². The van der Waals surface area contributed by atoms with Crippen LogP contribution in [-0.4, -0.2) is 47.0 Å². The van der Waals surface area contributed by atoms with Gasteiger partial charge in [-0.3, -0.25) is 4.79 Å². The van der Waals surface area contributed by atoms with Crippen molar-refractivity contribution in [1.82, 2.24) is 14.9 Å². The van der Waals surface area contributed by atoms with E-state index in [1.54, 1.807) is 19.5 Å². The fourth-order valence-electron chi connectivity index (χ4n) is 2.46. The first-order valence-electron chi connectivity index (χ1n) is 7.31. The average molecular weight is 301 g/mol. The molecule has 7 nitrogen and oxygen atoms in total. The largest absolute Gasteiger partial charge is 0.467 e. The molecule has 7 heteroatoms. The first kappa shape index (κ1) is 14.4. The molecule has 0 saturated carbocycles. The molecule has 3 rings (SSSR count). The van der Waals surface area contributed by atoms with Crippen molar-refractivity contribution in [2.75, 3.05) is 36.4 Å². The number of amides is 1. The summed E-state index contributed by atoms with van der Waals surface area (Å²) in [7, 11) is 0. The van der Waals surface area contributed by atoms with E-state index in [1.807, 2.05) is 23.1 Å². The van der Waals surface area contributed by atoms with E-state index in [1.165, 1.54) is 0 Å². The van der Waals surface area contributed by atoms with Crippen molar-refractivity contribution in [2.24, 2.45) is 0 Å². The second-order valence-corrected chi connectivity index (χ2v) is 5.19. The van der Waals surface area contributed by atoms with E-state index in [0.717, 1.165) is 43.6 Å². The van der Waals surface area contributed by atoms with Crippen LogP contribution in [0.4, 0.5) is 11.6 Å². The fourth-order valence-corrected chi connectivity index (χ4v) is 2.46. The third-order valence-electron chi connectivity index (χ3n) is 3.73. The van der Waals surface area contributed by atoms with E-state index in [-0.39, 0.29) is 5.91 Å². The topological polar surface area (TPSA) is 74.5 Å². The van der Waals surface area contributed by atoms with Crippen LogP contribution < -0.4 is 10.2 Å². The summed E-state index contributed by atoms with van der Waals surface area (Å²) < 4.78 is 5.28. The molecular formula is C15H19N5O2. The minimum Gasteiger partial charge on any atom is -0.467 e. The lowest BCUT2D eigenvalue weighted by atomic mass is 10.3. The van der Waals surface area contributed by atoms with Gasteiger partial charge < -0.3 is 19.5 Å². The zero-order chi connectivity index (χ0) is 15.4. The molecule has 0 aliphatic carbocycles. The number of rotatable bonds is 4. The highest BCUT2D eigenvalue weighted by Gasteiger charge is 2.19. The first-order valence-corrected chi connectivity index (χ1v) is 7.31. The van der Waals surface area contributed by atoms with E-state index in [4.69, 9.17) is 4.42 Å². The van der Waals surface area contributed by atoms with Crippen LogP contribution in [0.5, 0.6) is 0 Å². The molecule has 3 heterocycles. The second kappa shape index (κ2) is 6.46. The Morgan fingerprint density at radius 2 is 2.14 bits per heavy atom. The SMILES string of the molecule is CC(=O)N1CCN(c2cc(NCc3ccco3)ncn2)CC1. The molecule has 1 N–H and O–H groups in total. The molecule has 0 unspecified atom stereocenters. The van der Waals surface area contributed by atoms with Gasteiger partial charge in [-0.15, -0.1) is 0 Å². The van der Waals surface area contributed by atoms with E-state index in [9.17, 15) is 4.79 Å². The first-order chi connectivity index (χ1) is 10.7. The van der Waals surface area contributed by atoms with Crippen molar-refractivity contribution in [3.63, 3.8) is 0 Å². The standard InChI is InChI=1S/C15H19N5O2/c1-12(21)19-4-6-20(7-5-19)15-9-14(17-11-18-15)16-10-13-3-2-8-22-13/h2-3,8-9,11H,4-7,10H2,1H3,(H,16,17,18). The van der Waals surface area contributed by atoms with Crippen molar-refractivity contribution >= 4 is 17.5 Å². The summed E-state index contributed by atoms with van der Waals surface area (Å²) in [4.78, 5) is 23.9. The molecule has 1 fully saturated rings. The van der Waals surface area contributed by atoms with Crippen molar-refractivity contribution in [1.29, 1.82) is 0 Å². The highest BCUT2D eigenvalue weighted by atomic mass is 16.3. The van der Waals surface area contributed by atoms with Crippen LogP contribution in [0.2, 0.25) is 0 Å². The van der Waals surface area contributed by atoms with Gasteiger partial charge in [-0.2, -0.15) is 0 Å². The van der Waals surface area contributed by atoms with Crippen LogP contribution in [0, 0.1) is 0 Å². The Morgan fingerprint density at radius 3 is 2.82 bits per heavy atom. The van der Waals surface area contributed by atoms with Crippen molar-refractivity contribution in [3.8, 4) is 0 Å². The summed E-state index contributed by atoms with van der Waals surface area (Å²) >= 11 is 0. The monoisotopic (exact) mass is 301 g/mol. The third kappa shape index (κ3) is 3.36. The van der Waals surface area contributed by atoms with Gasteiger partial charge in [0.05, 0.1) is 12.8 Å². The van der Waals surface area contributed by atoms with Gasteiger partial charge in [-0.25, -0.2) is 9.97 Å². The minimum atomic E-state index is 0.128. The highest BCUT2D eigenvalue weighted by Crippen LogP contribution is 2.17. The van der Waals surface area contributed by atoms with Crippen LogP contribution >= 0.6 is 0 Å². The van der Waals surface area contributed by atoms with Crippen LogP contribution in [-0.2, 0) is 11.3 Å². The van der Waals surface area contributed by atoms with Gasteiger partial charge in [-0.1, -0.05) is 0 Å². The Hall–Kier alpha value is -2.57. The van der Waals surface area contributed by atoms with Gasteiger partial charge in [0.2, 0.25) is 5.91 Å². The number of anilines is 2. The summed E-state index contributed by atoms with van der Waals surface area (Å²) in [6.45, 7) is 5.23. The maximum Gasteiger partial charge on any atom is 0.219 e. The molecule has 0 radical (unpaired) electrons. The minimum absolute atomic E-state index is 0.128. The molecule has 0 aromatic carbocycles. The lowest BCUT2D eigenvalue weighted by Gasteiger charge is -2.34. The fraction of sp³-hybridized carbons (Fsp3) is 0.400. The number of carbonyl (C=O) groups excluding carboxylic acids is 1. The number of furan rings is 1. The van der Waals surface area contributed by atoms with Gasteiger partial charge in [0, 0.05) is 39.2 Å². The van der Waals surface area contributed by atoms with Gasteiger partial charge >= 0.3 is 0 Å². The third-order valence-corrected chi connectivity index (χ3v) is 3.73. The molecule has 116 valence electrons. The Kier molecular flexibility index (Phi) is 4.22. The quantitative estimate of drug-likeness (QED) is 0.919. The lowest BCUT2D eigenvalue weighted by Crippen LogP contribution is -2.48. The predicted molar refractivity (Wildman–Crippen MR) is 82.5 cm³/mol. The molecule has 0 bridgehead atoms. The summed E-state index contributed by atoms with van der Waals surface area (Å²) in [5, 5.41) is 3.22. The number of piperazine rings is 1. The zero-order valence-corrected chi connectivity index (χ0v) is 12.5. The lowest BCUT2D eigenvalue weighted by molar-refractivity contribution is -0.129. The second-order valence-electron chi connectivity index (χ2n) is 5.19. The maximum atomic E-state index is 11.4. The molecule has 1 aliphatic heterocycles. The van der Waals surface area contributed by atoms with Crippen LogP contribution in [0.3, 0.4) is 0 Å². The highest BCUT2D eigenvalue weighted by molar-refractivity contribution is 5.73. The maximum absolute atomic E-state index is 11.4. The molecule has 1 saturated heterocycles. The Morgan fingerprint density at radius 1 is 1.32 bits per heavy atom. The van der Waals surface area contributed by atoms with E-state index < -0.39 is 0 Å². The van der Waals surface area contributed by atoms with Crippen molar-refractivity contribution < 1.29 is 9.21 Å². The summed E-state index contributed by atoms with van der Waals surface area (Å²) in [5.74, 6) is 2.62. The Labute approximate surface area is 129 Å².